The Morgan fingerprint density at radius 2 is 1.93 bits per heavy atom. The van der Waals surface area contributed by atoms with Crippen molar-refractivity contribution in [3.05, 3.63) is 17.8 Å². The van der Waals surface area contributed by atoms with Crippen molar-refractivity contribution in [2.24, 2.45) is 0 Å². The van der Waals surface area contributed by atoms with Crippen LogP contribution in [0.1, 0.15) is 24.8 Å². The lowest BCUT2D eigenvalue weighted by atomic mass is 10.1. The SMILES string of the molecule is Cc1ccn(CCN2CCCCC2)c1O. The summed E-state index contributed by atoms with van der Waals surface area (Å²) in [5.74, 6) is 0.423. The van der Waals surface area contributed by atoms with Crippen LogP contribution in [0.25, 0.3) is 0 Å². The normalized spacial score (nSPS) is 18.2. The van der Waals surface area contributed by atoms with E-state index in [4.69, 9.17) is 0 Å². The molecule has 2 rings (SSSR count). The summed E-state index contributed by atoms with van der Waals surface area (Å²) in [6.07, 6.45) is 6.01. The molecule has 1 saturated heterocycles. The molecule has 84 valence electrons. The Bertz CT molecular complexity index is 313. The largest absolute Gasteiger partial charge is 0.494 e. The molecule has 0 aromatic carbocycles. The lowest BCUT2D eigenvalue weighted by Gasteiger charge is -2.26. The number of hydrogen-bond acceptors (Lipinski definition) is 2. The van der Waals surface area contributed by atoms with Crippen molar-refractivity contribution in [2.75, 3.05) is 19.6 Å². The van der Waals surface area contributed by atoms with Gasteiger partial charge in [-0.2, -0.15) is 0 Å². The van der Waals surface area contributed by atoms with Crippen LogP contribution < -0.4 is 0 Å². The highest BCUT2D eigenvalue weighted by atomic mass is 16.3. The molecule has 0 bridgehead atoms. The van der Waals surface area contributed by atoms with Gasteiger partial charge in [0.25, 0.3) is 0 Å². The van der Waals surface area contributed by atoms with Gasteiger partial charge in [-0.05, 0) is 38.9 Å². The van der Waals surface area contributed by atoms with E-state index < -0.39 is 0 Å². The Kier molecular flexibility index (Phi) is 3.31. The molecule has 0 radical (unpaired) electrons. The third-order valence-electron chi connectivity index (χ3n) is 3.24. The summed E-state index contributed by atoms with van der Waals surface area (Å²) in [5, 5.41) is 9.71. The first-order chi connectivity index (χ1) is 7.27. The van der Waals surface area contributed by atoms with Gasteiger partial charge < -0.3 is 14.6 Å². The van der Waals surface area contributed by atoms with E-state index in [9.17, 15) is 5.11 Å². The predicted octanol–water partition coefficient (Wildman–Crippen LogP) is 1.99. The zero-order chi connectivity index (χ0) is 10.7. The number of nitrogens with zero attached hydrogens (tertiary/aromatic N) is 2. The minimum absolute atomic E-state index is 0.423. The molecule has 0 saturated carbocycles. The Morgan fingerprint density at radius 3 is 2.53 bits per heavy atom. The molecule has 0 unspecified atom stereocenters. The van der Waals surface area contributed by atoms with E-state index in [1.807, 2.05) is 23.8 Å². The summed E-state index contributed by atoms with van der Waals surface area (Å²) in [6.45, 7) is 6.34. The fraction of sp³-hybridized carbons (Fsp3) is 0.667. The van der Waals surface area contributed by atoms with Crippen LogP contribution in [0.4, 0.5) is 0 Å². The van der Waals surface area contributed by atoms with Crippen LogP contribution in [-0.4, -0.2) is 34.2 Å². The molecule has 15 heavy (non-hydrogen) atoms. The molecule has 1 aliphatic heterocycles. The number of likely N-dealkylation sites (tertiary alicyclic amines) is 1. The summed E-state index contributed by atoms with van der Waals surface area (Å²) in [5.41, 5.74) is 0.966. The van der Waals surface area contributed by atoms with E-state index in [0.29, 0.717) is 5.88 Å². The van der Waals surface area contributed by atoms with E-state index >= 15 is 0 Å². The average Bonchev–Trinajstić information content (AvgIpc) is 2.59. The summed E-state index contributed by atoms with van der Waals surface area (Å²) in [6, 6.07) is 1.96. The number of aromatic nitrogens is 1. The van der Waals surface area contributed by atoms with Crippen molar-refractivity contribution in [3.63, 3.8) is 0 Å². The zero-order valence-electron chi connectivity index (χ0n) is 9.45. The maximum atomic E-state index is 9.71. The average molecular weight is 208 g/mol. The van der Waals surface area contributed by atoms with Gasteiger partial charge >= 0.3 is 0 Å². The number of hydrogen-bond donors (Lipinski definition) is 1. The zero-order valence-corrected chi connectivity index (χ0v) is 9.45. The van der Waals surface area contributed by atoms with Crippen molar-refractivity contribution in [2.45, 2.75) is 32.7 Å². The fourth-order valence-corrected chi connectivity index (χ4v) is 2.19. The van der Waals surface area contributed by atoms with E-state index in [1.165, 1.54) is 32.4 Å². The molecule has 1 aliphatic rings. The second kappa shape index (κ2) is 4.71. The van der Waals surface area contributed by atoms with Crippen LogP contribution >= 0.6 is 0 Å². The smallest absolute Gasteiger partial charge is 0.193 e. The van der Waals surface area contributed by atoms with E-state index in [1.54, 1.807) is 0 Å². The van der Waals surface area contributed by atoms with Gasteiger partial charge in [-0.3, -0.25) is 0 Å². The van der Waals surface area contributed by atoms with Crippen LogP contribution in [0.2, 0.25) is 0 Å². The molecule has 0 atom stereocenters. The molecule has 0 amide bonds. The molecular weight excluding hydrogens is 188 g/mol. The number of rotatable bonds is 3. The molecule has 0 aliphatic carbocycles. The summed E-state index contributed by atoms with van der Waals surface area (Å²) in [7, 11) is 0. The Balaban J connectivity index is 1.84. The molecule has 3 nitrogen and oxygen atoms in total. The van der Waals surface area contributed by atoms with Crippen molar-refractivity contribution in [1.29, 1.82) is 0 Å². The summed E-state index contributed by atoms with van der Waals surface area (Å²) < 4.78 is 1.93. The fourth-order valence-electron chi connectivity index (χ4n) is 2.19. The summed E-state index contributed by atoms with van der Waals surface area (Å²) in [4.78, 5) is 2.48. The van der Waals surface area contributed by atoms with E-state index in [2.05, 4.69) is 4.90 Å². The molecule has 2 heterocycles. The number of aromatic hydroxyl groups is 1. The molecule has 1 aromatic heterocycles. The quantitative estimate of drug-likeness (QED) is 0.823. The van der Waals surface area contributed by atoms with E-state index in [0.717, 1.165) is 18.7 Å². The van der Waals surface area contributed by atoms with Gasteiger partial charge in [-0.1, -0.05) is 6.42 Å². The standard InChI is InChI=1S/C12H20N2O/c1-11-5-8-14(12(11)15)10-9-13-6-3-2-4-7-13/h5,8,15H,2-4,6-7,9-10H2,1H3. The van der Waals surface area contributed by atoms with Gasteiger partial charge in [-0.15, -0.1) is 0 Å². The molecular formula is C12H20N2O. The third kappa shape index (κ3) is 2.53. The van der Waals surface area contributed by atoms with Gasteiger partial charge in [0.1, 0.15) is 0 Å². The first-order valence-electron chi connectivity index (χ1n) is 5.84. The molecule has 1 N–H and O–H groups in total. The molecule has 3 heteroatoms. The Labute approximate surface area is 91.3 Å². The van der Waals surface area contributed by atoms with Gasteiger partial charge in [0.15, 0.2) is 5.88 Å². The lowest BCUT2D eigenvalue weighted by molar-refractivity contribution is 0.218. The Morgan fingerprint density at radius 1 is 1.20 bits per heavy atom. The highest BCUT2D eigenvalue weighted by Crippen LogP contribution is 2.17. The molecule has 1 fully saturated rings. The topological polar surface area (TPSA) is 28.4 Å². The molecule has 0 spiro atoms. The van der Waals surface area contributed by atoms with E-state index in [-0.39, 0.29) is 0 Å². The first kappa shape index (κ1) is 10.6. The highest BCUT2D eigenvalue weighted by Gasteiger charge is 2.10. The Hall–Kier alpha value is -0.960. The maximum Gasteiger partial charge on any atom is 0.193 e. The number of piperidine rings is 1. The van der Waals surface area contributed by atoms with Crippen LogP contribution in [0.15, 0.2) is 12.3 Å². The van der Waals surface area contributed by atoms with Gasteiger partial charge in [0, 0.05) is 24.8 Å². The lowest BCUT2D eigenvalue weighted by Crippen LogP contribution is -2.32. The van der Waals surface area contributed by atoms with Crippen LogP contribution in [-0.2, 0) is 6.54 Å². The van der Waals surface area contributed by atoms with Crippen LogP contribution in [0.5, 0.6) is 5.88 Å². The van der Waals surface area contributed by atoms with Crippen molar-refractivity contribution < 1.29 is 5.11 Å². The van der Waals surface area contributed by atoms with Crippen LogP contribution in [0, 0.1) is 6.92 Å². The van der Waals surface area contributed by atoms with Crippen molar-refractivity contribution in [1.82, 2.24) is 9.47 Å². The monoisotopic (exact) mass is 208 g/mol. The first-order valence-corrected chi connectivity index (χ1v) is 5.84. The highest BCUT2D eigenvalue weighted by molar-refractivity contribution is 5.24. The van der Waals surface area contributed by atoms with Crippen molar-refractivity contribution >= 4 is 0 Å². The van der Waals surface area contributed by atoms with Crippen molar-refractivity contribution in [3.8, 4) is 5.88 Å². The minimum atomic E-state index is 0.423. The van der Waals surface area contributed by atoms with Gasteiger partial charge in [0.2, 0.25) is 0 Å². The number of aryl methyl sites for hydroxylation is 1. The maximum absolute atomic E-state index is 9.71. The van der Waals surface area contributed by atoms with Gasteiger partial charge in [0.05, 0.1) is 0 Å². The molecule has 1 aromatic rings. The van der Waals surface area contributed by atoms with Crippen LogP contribution in [0.3, 0.4) is 0 Å². The minimum Gasteiger partial charge on any atom is -0.494 e. The summed E-state index contributed by atoms with van der Waals surface area (Å²) >= 11 is 0. The second-order valence-electron chi connectivity index (χ2n) is 4.42. The second-order valence-corrected chi connectivity index (χ2v) is 4.42. The predicted molar refractivity (Wildman–Crippen MR) is 61.1 cm³/mol. The third-order valence-corrected chi connectivity index (χ3v) is 3.24. The van der Waals surface area contributed by atoms with Gasteiger partial charge in [-0.25, -0.2) is 0 Å².